The summed E-state index contributed by atoms with van der Waals surface area (Å²) in [5.74, 6) is 0. The van der Waals surface area contributed by atoms with Crippen LogP contribution < -0.4 is 4.90 Å². The molecule has 4 heteroatoms. The number of thioether (sulfide) groups is 1. The normalized spacial score (nSPS) is 26.2. The Balaban J connectivity index is 1.85. The van der Waals surface area contributed by atoms with Crippen molar-refractivity contribution >= 4 is 17.4 Å². The van der Waals surface area contributed by atoms with Gasteiger partial charge in [0.05, 0.1) is 23.0 Å². The van der Waals surface area contributed by atoms with Crippen LogP contribution in [0.15, 0.2) is 23.4 Å². The van der Waals surface area contributed by atoms with Crippen LogP contribution in [-0.4, -0.2) is 34.5 Å². The molecule has 2 aliphatic rings. The van der Waals surface area contributed by atoms with Gasteiger partial charge in [-0.1, -0.05) is 0 Å². The molecule has 0 radical (unpaired) electrons. The zero-order valence-corrected chi connectivity index (χ0v) is 10.9. The number of rotatable bonds is 2. The van der Waals surface area contributed by atoms with Crippen LogP contribution in [0.4, 0.5) is 5.69 Å². The molecule has 1 aromatic heterocycles. The lowest BCUT2D eigenvalue weighted by atomic mass is 9.97. The molecule has 1 aromatic rings. The summed E-state index contributed by atoms with van der Waals surface area (Å²) in [5.41, 5.74) is 1.51. The lowest BCUT2D eigenvalue weighted by molar-refractivity contribution is 0.138. The zero-order chi connectivity index (χ0) is 11.9. The van der Waals surface area contributed by atoms with Crippen molar-refractivity contribution < 1.29 is 5.11 Å². The van der Waals surface area contributed by atoms with E-state index < -0.39 is 0 Å². The van der Waals surface area contributed by atoms with E-state index in [2.05, 4.69) is 22.0 Å². The number of aromatic nitrogens is 1. The Morgan fingerprint density at radius 1 is 1.41 bits per heavy atom. The average molecular weight is 250 g/mol. The fourth-order valence-corrected chi connectivity index (χ4v) is 3.12. The van der Waals surface area contributed by atoms with Crippen molar-refractivity contribution in [3.63, 3.8) is 0 Å². The predicted octanol–water partition coefficient (Wildman–Crippen LogP) is 2.30. The summed E-state index contributed by atoms with van der Waals surface area (Å²) in [6.45, 7) is 0.764. The number of pyridine rings is 1. The molecule has 0 amide bonds. The number of hydrogen-bond acceptors (Lipinski definition) is 4. The Morgan fingerprint density at radius 3 is 2.82 bits per heavy atom. The van der Waals surface area contributed by atoms with Gasteiger partial charge < -0.3 is 10.0 Å². The van der Waals surface area contributed by atoms with E-state index >= 15 is 0 Å². The van der Waals surface area contributed by atoms with Crippen molar-refractivity contribution in [3.05, 3.63) is 18.3 Å². The Labute approximate surface area is 106 Å². The molecular formula is C13H18N2OS. The first-order valence-corrected chi connectivity index (χ1v) is 7.42. The van der Waals surface area contributed by atoms with Gasteiger partial charge in [-0.2, -0.15) is 0 Å². The van der Waals surface area contributed by atoms with Gasteiger partial charge in [0.25, 0.3) is 0 Å². The molecule has 1 atom stereocenters. The number of aliphatic hydroxyl groups excluding tert-OH is 1. The number of hydrogen-bond donors (Lipinski definition) is 1. The number of anilines is 1. The van der Waals surface area contributed by atoms with Crippen molar-refractivity contribution in [2.75, 3.05) is 17.7 Å². The summed E-state index contributed by atoms with van der Waals surface area (Å²) in [6, 6.07) is 4.20. The molecule has 3 nitrogen and oxygen atoms in total. The van der Waals surface area contributed by atoms with Crippen LogP contribution in [0.2, 0.25) is 0 Å². The second-order valence-electron chi connectivity index (χ2n) is 5.09. The van der Waals surface area contributed by atoms with Gasteiger partial charge in [0.1, 0.15) is 0 Å². The van der Waals surface area contributed by atoms with Gasteiger partial charge in [-0.15, -0.1) is 11.8 Å². The highest BCUT2D eigenvalue weighted by atomic mass is 32.2. The Kier molecular flexibility index (Phi) is 2.79. The third-order valence-corrected chi connectivity index (χ3v) is 4.64. The van der Waals surface area contributed by atoms with Crippen LogP contribution in [0, 0.1) is 0 Å². The molecule has 1 saturated heterocycles. The molecule has 0 aromatic carbocycles. The SMILES string of the molecule is CSc1ccc(N2CC(O)CCC23CC3)cn1. The number of nitrogens with zero attached hydrogens (tertiary/aromatic N) is 2. The molecule has 0 bridgehead atoms. The van der Waals surface area contributed by atoms with Gasteiger partial charge in [-0.3, -0.25) is 0 Å². The molecule has 1 unspecified atom stereocenters. The number of β-amino-alcohol motifs (C(OH)–C–C–N with tert-alkyl or cyclic N) is 1. The Hall–Kier alpha value is -0.740. The van der Waals surface area contributed by atoms with Crippen LogP contribution >= 0.6 is 11.8 Å². The van der Waals surface area contributed by atoms with E-state index in [9.17, 15) is 5.11 Å². The van der Waals surface area contributed by atoms with E-state index in [1.807, 2.05) is 12.5 Å². The lowest BCUT2D eigenvalue weighted by Gasteiger charge is -2.40. The average Bonchev–Trinajstić information content (AvgIpc) is 3.14. The molecule has 1 spiro atoms. The summed E-state index contributed by atoms with van der Waals surface area (Å²) in [5, 5.41) is 10.9. The van der Waals surface area contributed by atoms with Crippen LogP contribution in [0.3, 0.4) is 0 Å². The van der Waals surface area contributed by atoms with E-state index in [0.29, 0.717) is 5.54 Å². The van der Waals surface area contributed by atoms with Gasteiger partial charge in [0.2, 0.25) is 0 Å². The molecule has 1 N–H and O–H groups in total. The smallest absolute Gasteiger partial charge is 0.0958 e. The van der Waals surface area contributed by atoms with E-state index in [4.69, 9.17) is 0 Å². The van der Waals surface area contributed by atoms with E-state index in [1.165, 1.54) is 18.5 Å². The van der Waals surface area contributed by atoms with Crippen molar-refractivity contribution in [2.45, 2.75) is 42.4 Å². The van der Waals surface area contributed by atoms with E-state index in [-0.39, 0.29) is 6.10 Å². The second kappa shape index (κ2) is 4.18. The Bertz CT molecular complexity index is 402. The standard InChI is InChI=1S/C13H18N2OS/c1-17-12-3-2-10(8-14-12)15-9-11(16)4-5-13(15)6-7-13/h2-3,8,11,16H,4-7,9H2,1H3. The number of aliphatic hydroxyl groups is 1. The molecule has 17 heavy (non-hydrogen) atoms. The lowest BCUT2D eigenvalue weighted by Crippen LogP contribution is -2.47. The fraction of sp³-hybridized carbons (Fsp3) is 0.615. The predicted molar refractivity (Wildman–Crippen MR) is 70.6 cm³/mol. The van der Waals surface area contributed by atoms with Gasteiger partial charge in [0, 0.05) is 12.1 Å². The highest BCUT2D eigenvalue weighted by Gasteiger charge is 2.50. The first-order chi connectivity index (χ1) is 8.23. The van der Waals surface area contributed by atoms with Gasteiger partial charge in [0.15, 0.2) is 0 Å². The molecule has 1 aliphatic carbocycles. The molecule has 92 valence electrons. The molecule has 1 aliphatic heterocycles. The molecule has 2 heterocycles. The van der Waals surface area contributed by atoms with Gasteiger partial charge in [-0.25, -0.2) is 4.98 Å². The first-order valence-electron chi connectivity index (χ1n) is 6.19. The quantitative estimate of drug-likeness (QED) is 0.817. The van der Waals surface area contributed by atoms with Gasteiger partial charge >= 0.3 is 0 Å². The number of piperidine rings is 1. The third kappa shape index (κ3) is 2.04. The van der Waals surface area contributed by atoms with E-state index in [1.54, 1.807) is 11.8 Å². The minimum atomic E-state index is -0.179. The van der Waals surface area contributed by atoms with Crippen LogP contribution in [-0.2, 0) is 0 Å². The maximum atomic E-state index is 9.84. The fourth-order valence-electron chi connectivity index (χ4n) is 2.76. The second-order valence-corrected chi connectivity index (χ2v) is 5.91. The van der Waals surface area contributed by atoms with Gasteiger partial charge in [-0.05, 0) is 44.1 Å². The highest BCUT2D eigenvalue weighted by molar-refractivity contribution is 7.98. The van der Waals surface area contributed by atoms with Crippen molar-refractivity contribution in [2.24, 2.45) is 0 Å². The molecule has 3 rings (SSSR count). The summed E-state index contributed by atoms with van der Waals surface area (Å²) >= 11 is 1.66. The molecular weight excluding hydrogens is 232 g/mol. The summed E-state index contributed by atoms with van der Waals surface area (Å²) < 4.78 is 0. The topological polar surface area (TPSA) is 36.4 Å². The minimum absolute atomic E-state index is 0.179. The largest absolute Gasteiger partial charge is 0.391 e. The van der Waals surface area contributed by atoms with Crippen LogP contribution in [0.1, 0.15) is 25.7 Å². The summed E-state index contributed by atoms with van der Waals surface area (Å²) in [7, 11) is 0. The molecule has 2 fully saturated rings. The minimum Gasteiger partial charge on any atom is -0.391 e. The van der Waals surface area contributed by atoms with Crippen LogP contribution in [0.25, 0.3) is 0 Å². The first kappa shape index (κ1) is 11.4. The maximum Gasteiger partial charge on any atom is 0.0958 e. The summed E-state index contributed by atoms with van der Waals surface area (Å²) in [4.78, 5) is 6.80. The van der Waals surface area contributed by atoms with Crippen LogP contribution in [0.5, 0.6) is 0 Å². The zero-order valence-electron chi connectivity index (χ0n) is 10.1. The summed E-state index contributed by atoms with van der Waals surface area (Å²) in [6.07, 6.45) is 8.42. The van der Waals surface area contributed by atoms with Crippen molar-refractivity contribution in [3.8, 4) is 0 Å². The Morgan fingerprint density at radius 2 is 2.24 bits per heavy atom. The maximum absolute atomic E-state index is 9.84. The van der Waals surface area contributed by atoms with E-state index in [0.717, 1.165) is 24.4 Å². The van der Waals surface area contributed by atoms with Crippen molar-refractivity contribution in [1.29, 1.82) is 0 Å². The molecule has 1 saturated carbocycles. The third-order valence-electron chi connectivity index (χ3n) is 3.98. The van der Waals surface area contributed by atoms with Crippen molar-refractivity contribution in [1.82, 2.24) is 4.98 Å². The monoisotopic (exact) mass is 250 g/mol. The highest BCUT2D eigenvalue weighted by Crippen LogP contribution is 2.50.